The quantitative estimate of drug-likeness (QED) is 0.161. The number of halogens is 7. The largest absolute Gasteiger partial charge is 0.335 e. The molecule has 0 N–H and O–H groups in total. The number of nitrogens with zero attached hydrogens (tertiary/aromatic N) is 6. The summed E-state index contributed by atoms with van der Waals surface area (Å²) in [5.74, 6) is 1.98. The second kappa shape index (κ2) is 18.6. The van der Waals surface area contributed by atoms with Crippen LogP contribution in [0.15, 0.2) is 60.5 Å². The van der Waals surface area contributed by atoms with Gasteiger partial charge in [-0.2, -0.15) is 27.8 Å². The van der Waals surface area contributed by atoms with E-state index >= 15 is 0 Å². The molecule has 1 aliphatic carbocycles. The van der Waals surface area contributed by atoms with Crippen LogP contribution in [0.1, 0.15) is 54.7 Å². The molecule has 272 valence electrons. The second-order valence-corrected chi connectivity index (χ2v) is 19.8. The summed E-state index contributed by atoms with van der Waals surface area (Å²) in [5.41, 5.74) is 7.93. The Morgan fingerprint density at radius 1 is 1.02 bits per heavy atom. The highest BCUT2D eigenvalue weighted by molar-refractivity contribution is 9.11. The SMILES string of the molecule is BrCc1cscc1Br.CCC(=O)N1CCn2c(C3CC3)nc(-c3csc4cc(-c5cnn(C)c5)ncc34)c2C1.Cc1cscc1Br.ClC(Cl)(Cl)Cl. The lowest BCUT2D eigenvalue weighted by atomic mass is 10.1. The van der Waals surface area contributed by atoms with Gasteiger partial charge in [-0.05, 0) is 79.6 Å². The fraction of sp³-hybridized carbons (Fsp3) is 0.353. The van der Waals surface area contributed by atoms with E-state index in [4.69, 9.17) is 56.4 Å². The summed E-state index contributed by atoms with van der Waals surface area (Å²) in [4.78, 5) is 24.2. The van der Waals surface area contributed by atoms with Crippen molar-refractivity contribution in [1.82, 2.24) is 29.2 Å². The Morgan fingerprint density at radius 3 is 2.24 bits per heavy atom. The summed E-state index contributed by atoms with van der Waals surface area (Å²) in [6.07, 6.45) is 8.76. The number of imidazole rings is 1. The zero-order chi connectivity index (χ0) is 36.9. The summed E-state index contributed by atoms with van der Waals surface area (Å²) in [6.45, 7) is 6.27. The van der Waals surface area contributed by atoms with E-state index < -0.39 is 3.25 Å². The zero-order valence-corrected chi connectivity index (χ0v) is 37.9. The number of pyridine rings is 1. The molecule has 1 amide bonds. The van der Waals surface area contributed by atoms with E-state index in [1.165, 1.54) is 49.1 Å². The topological polar surface area (TPSA) is 68.8 Å². The van der Waals surface area contributed by atoms with Crippen molar-refractivity contribution in [3.63, 3.8) is 0 Å². The molecule has 7 nitrogen and oxygen atoms in total. The number of fused-ring (bicyclic) bond motifs is 2. The highest BCUT2D eigenvalue weighted by atomic mass is 79.9. The predicted molar refractivity (Wildman–Crippen MR) is 228 cm³/mol. The van der Waals surface area contributed by atoms with Gasteiger partial charge in [0.15, 0.2) is 0 Å². The van der Waals surface area contributed by atoms with Crippen molar-refractivity contribution in [2.75, 3.05) is 6.54 Å². The summed E-state index contributed by atoms with van der Waals surface area (Å²) in [7, 11) is 1.91. The van der Waals surface area contributed by atoms with E-state index in [0.717, 1.165) is 46.3 Å². The van der Waals surface area contributed by atoms with E-state index in [9.17, 15) is 4.79 Å². The average molecular weight is 1020 g/mol. The molecule has 6 aromatic rings. The van der Waals surface area contributed by atoms with Gasteiger partial charge in [0.05, 0.1) is 29.8 Å². The van der Waals surface area contributed by atoms with Crippen LogP contribution in [0.25, 0.3) is 32.6 Å². The summed E-state index contributed by atoms with van der Waals surface area (Å²) < 4.78 is 6.18. The molecule has 0 atom stereocenters. The second-order valence-electron chi connectivity index (χ2n) is 11.7. The molecule has 0 unspecified atom stereocenters. The Bertz CT molecular complexity index is 2060. The van der Waals surface area contributed by atoms with Crippen LogP contribution in [0.2, 0.25) is 0 Å². The minimum Gasteiger partial charge on any atom is -0.335 e. The number of amides is 1. The van der Waals surface area contributed by atoms with Crippen LogP contribution in [0.3, 0.4) is 0 Å². The third kappa shape index (κ3) is 11.3. The van der Waals surface area contributed by atoms with E-state index in [-0.39, 0.29) is 5.91 Å². The fourth-order valence-corrected chi connectivity index (χ4v) is 10.0. The standard InChI is InChI=1S/C23H24N6OS.C5H4Br2S.C5H5BrS.CCl4/c1-3-21(30)28-6-7-29-19(12-28)22(26-23(29)14-4-5-14)17-13-31-20-8-18(24-10-16(17)20)15-9-25-27(2)11-15;6-1-4-2-8-3-5(4)7;1-4-2-7-3-5(4)6;2-1(3,4)5/h8-11,13-14H,3-7,12H2,1-2H3;2-3H,1H2;2-3H,1H3;. The molecule has 0 radical (unpaired) electrons. The van der Waals surface area contributed by atoms with Crippen molar-refractivity contribution in [1.29, 1.82) is 0 Å². The van der Waals surface area contributed by atoms with Gasteiger partial charge in [0.2, 0.25) is 5.91 Å². The lowest BCUT2D eigenvalue weighted by molar-refractivity contribution is -0.132. The van der Waals surface area contributed by atoms with Crippen LogP contribution in [0.4, 0.5) is 0 Å². The van der Waals surface area contributed by atoms with Gasteiger partial charge in [0.1, 0.15) is 5.82 Å². The number of rotatable bonds is 5. The van der Waals surface area contributed by atoms with Gasteiger partial charge in [0, 0.05) is 96.5 Å². The van der Waals surface area contributed by atoms with Gasteiger partial charge in [-0.25, -0.2) is 4.98 Å². The van der Waals surface area contributed by atoms with Crippen LogP contribution < -0.4 is 0 Å². The van der Waals surface area contributed by atoms with E-state index in [2.05, 4.69) is 97.3 Å². The van der Waals surface area contributed by atoms with Crippen LogP contribution in [-0.4, -0.2) is 44.9 Å². The molecular weight excluding hydrogens is 986 g/mol. The first kappa shape index (κ1) is 41.2. The first-order chi connectivity index (χ1) is 24.3. The lowest BCUT2D eigenvalue weighted by Gasteiger charge is -2.29. The predicted octanol–water partition coefficient (Wildman–Crippen LogP) is 13.0. The van der Waals surface area contributed by atoms with Crippen molar-refractivity contribution < 1.29 is 4.79 Å². The molecule has 0 saturated heterocycles. The Hall–Kier alpha value is -1.000. The third-order valence-electron chi connectivity index (χ3n) is 7.98. The van der Waals surface area contributed by atoms with E-state index in [1.807, 2.05) is 37.5 Å². The van der Waals surface area contributed by atoms with Crippen molar-refractivity contribution in [2.45, 2.75) is 60.7 Å². The van der Waals surface area contributed by atoms with Crippen LogP contribution in [0, 0.1) is 6.92 Å². The van der Waals surface area contributed by atoms with Gasteiger partial charge < -0.3 is 9.47 Å². The number of thiophene rings is 3. The molecule has 51 heavy (non-hydrogen) atoms. The highest BCUT2D eigenvalue weighted by Gasteiger charge is 2.34. The maximum Gasteiger partial charge on any atom is 0.266 e. The maximum absolute atomic E-state index is 12.4. The number of alkyl halides is 5. The van der Waals surface area contributed by atoms with Crippen molar-refractivity contribution >= 4 is 144 Å². The van der Waals surface area contributed by atoms with E-state index in [0.29, 0.717) is 18.9 Å². The molecule has 7 heterocycles. The molecule has 0 spiro atoms. The summed E-state index contributed by atoms with van der Waals surface area (Å²) >= 11 is 34.6. The summed E-state index contributed by atoms with van der Waals surface area (Å²) in [5, 5.41) is 16.9. The molecule has 8 rings (SSSR count). The maximum atomic E-state index is 12.4. The summed E-state index contributed by atoms with van der Waals surface area (Å²) in [6, 6.07) is 2.14. The minimum absolute atomic E-state index is 0.212. The highest BCUT2D eigenvalue weighted by Crippen LogP contribution is 2.44. The van der Waals surface area contributed by atoms with Gasteiger partial charge in [-0.3, -0.25) is 14.5 Å². The Kier molecular flexibility index (Phi) is 15.0. The Morgan fingerprint density at radius 2 is 1.73 bits per heavy atom. The molecule has 1 saturated carbocycles. The molecular formula is C34H33Br3Cl4N6OS3. The molecule has 1 aliphatic heterocycles. The van der Waals surface area contributed by atoms with Gasteiger partial charge in [-0.15, -0.1) is 11.3 Å². The molecule has 17 heteroatoms. The first-order valence-electron chi connectivity index (χ1n) is 15.7. The normalized spacial score (nSPS) is 13.8. The van der Waals surface area contributed by atoms with Crippen molar-refractivity contribution in [2.24, 2.45) is 7.05 Å². The fourth-order valence-electron chi connectivity index (χ4n) is 5.27. The Labute approximate surface area is 354 Å². The van der Waals surface area contributed by atoms with Crippen molar-refractivity contribution in [3.8, 4) is 22.5 Å². The van der Waals surface area contributed by atoms with Crippen LogP contribution in [0.5, 0.6) is 0 Å². The number of aromatic nitrogens is 5. The first-order valence-corrected chi connectivity index (χ1v) is 22.7. The lowest BCUT2D eigenvalue weighted by Crippen LogP contribution is -2.38. The molecule has 6 aromatic heterocycles. The monoisotopic (exact) mass is 1010 g/mol. The number of hydrogen-bond donors (Lipinski definition) is 0. The van der Waals surface area contributed by atoms with Crippen molar-refractivity contribution in [3.05, 3.63) is 83.1 Å². The van der Waals surface area contributed by atoms with Gasteiger partial charge in [0.25, 0.3) is 3.25 Å². The number of aryl methyl sites for hydroxylation is 2. The molecule has 0 bridgehead atoms. The minimum atomic E-state index is -1.61. The third-order valence-corrected chi connectivity index (χ3v) is 13.4. The van der Waals surface area contributed by atoms with E-state index in [1.54, 1.807) is 38.7 Å². The van der Waals surface area contributed by atoms with Crippen LogP contribution >= 0.6 is 128 Å². The zero-order valence-electron chi connectivity index (χ0n) is 27.7. The molecule has 1 fully saturated rings. The molecule has 0 aromatic carbocycles. The number of hydrogen-bond acceptors (Lipinski definition) is 7. The van der Waals surface area contributed by atoms with Crippen LogP contribution in [-0.2, 0) is 30.3 Å². The number of carbonyl (C=O) groups excluding carboxylic acids is 1. The average Bonchev–Trinajstić information content (AvgIpc) is 3.48. The molecule has 2 aliphatic rings. The van der Waals surface area contributed by atoms with Gasteiger partial charge in [-0.1, -0.05) is 69.3 Å². The smallest absolute Gasteiger partial charge is 0.266 e. The van der Waals surface area contributed by atoms with Gasteiger partial charge >= 0.3 is 0 Å². The number of carbonyl (C=O) groups is 1. The Balaban J connectivity index is 0.000000205.